The van der Waals surface area contributed by atoms with Gasteiger partial charge in [-0.25, -0.2) is 23.7 Å². The molecule has 0 radical (unpaired) electrons. The summed E-state index contributed by atoms with van der Waals surface area (Å²) >= 11 is 0. The number of ether oxygens (including phenoxy) is 6. The minimum Gasteiger partial charge on any atom is -0.465 e. The maximum Gasteiger partial charge on any atom is 0.508 e. The molecule has 0 bridgehead atoms. The number of esters is 1. The molecule has 1 unspecified atom stereocenters. The van der Waals surface area contributed by atoms with Crippen molar-refractivity contribution in [2.24, 2.45) is 0 Å². The first-order chi connectivity index (χ1) is 24.6. The summed E-state index contributed by atoms with van der Waals surface area (Å²) in [6.07, 6.45) is -6.18. The number of aromatic nitrogens is 3. The molecule has 0 aliphatic carbocycles. The van der Waals surface area contributed by atoms with E-state index >= 15 is 0 Å². The molecule has 52 heavy (non-hydrogen) atoms. The van der Waals surface area contributed by atoms with Gasteiger partial charge in [-0.3, -0.25) is 9.32 Å². The van der Waals surface area contributed by atoms with Gasteiger partial charge in [0, 0.05) is 0 Å². The number of nitrogens with one attached hydrogen (secondary N) is 1. The lowest BCUT2D eigenvalue weighted by molar-refractivity contribution is -0.144. The van der Waals surface area contributed by atoms with Crippen molar-refractivity contribution < 1.29 is 56.4 Å². The molecular weight excluding hydrogens is 703 g/mol. The number of rotatable bonds is 14. The second kappa shape index (κ2) is 16.6. The maximum absolute atomic E-state index is 14.4. The van der Waals surface area contributed by atoms with Gasteiger partial charge >= 0.3 is 26.0 Å². The van der Waals surface area contributed by atoms with Crippen LogP contribution in [-0.4, -0.2) is 83.7 Å². The lowest BCUT2D eigenvalue weighted by atomic mass is 9.87. The van der Waals surface area contributed by atoms with E-state index in [0.717, 1.165) is 11.9 Å². The molecule has 1 saturated heterocycles. The summed E-state index contributed by atoms with van der Waals surface area (Å²) in [6.45, 7) is 11.3. The molecule has 0 saturated carbocycles. The van der Waals surface area contributed by atoms with Crippen molar-refractivity contribution >= 4 is 37.4 Å². The van der Waals surface area contributed by atoms with Crippen LogP contribution >= 0.6 is 7.75 Å². The van der Waals surface area contributed by atoms with Crippen molar-refractivity contribution in [3.63, 3.8) is 0 Å². The number of carbonyl (C=O) groups excluding carboxylic acids is 3. The highest BCUT2D eigenvalue weighted by atomic mass is 31.2. The van der Waals surface area contributed by atoms with E-state index in [2.05, 4.69) is 15.2 Å². The minimum atomic E-state index is -4.53. The molecule has 19 heteroatoms. The number of nitrogens with two attached hydrogens (primary N) is 1. The zero-order valence-corrected chi connectivity index (χ0v) is 30.8. The topological polar surface area (TPSA) is 234 Å². The molecule has 3 aromatic rings. The van der Waals surface area contributed by atoms with Gasteiger partial charge in [0.15, 0.2) is 18.0 Å². The molecule has 18 nitrogen and oxygen atoms in total. The van der Waals surface area contributed by atoms with Crippen LogP contribution in [-0.2, 0) is 53.3 Å². The quantitative estimate of drug-likeness (QED) is 0.131. The lowest BCUT2D eigenvalue weighted by Gasteiger charge is -2.28. The summed E-state index contributed by atoms with van der Waals surface area (Å²) in [6, 6.07) is 10.5. The van der Waals surface area contributed by atoms with Crippen LogP contribution in [0.4, 0.5) is 15.4 Å². The third-order valence-corrected chi connectivity index (χ3v) is 9.40. The monoisotopic (exact) mass is 746 g/mol. The van der Waals surface area contributed by atoms with Crippen LogP contribution in [0, 0.1) is 11.3 Å². The number of benzene rings is 1. The van der Waals surface area contributed by atoms with E-state index in [-0.39, 0.29) is 48.0 Å². The fourth-order valence-electron chi connectivity index (χ4n) is 5.29. The minimum absolute atomic E-state index is 0.000728. The lowest BCUT2D eigenvalue weighted by Crippen LogP contribution is -2.46. The first-order valence-electron chi connectivity index (χ1n) is 16.4. The van der Waals surface area contributed by atoms with E-state index in [4.69, 9.17) is 43.2 Å². The van der Waals surface area contributed by atoms with Crippen LogP contribution in [0.5, 0.6) is 5.75 Å². The SMILES string of the molecule is CCOC(=O)O[C@H]1[C@@H](OC(=O)OCC)[C@](C#N)(c2ccc3c(N)ncnn23)O[C@@H]1COP(=O)(N[C@@H](C)C(=O)OCC)Oc1ccc(C(C)(C)C)cc1. The van der Waals surface area contributed by atoms with Crippen molar-refractivity contribution in [3.05, 3.63) is 54.0 Å². The molecule has 1 aliphatic rings. The predicted molar refractivity (Wildman–Crippen MR) is 182 cm³/mol. The highest BCUT2D eigenvalue weighted by molar-refractivity contribution is 7.52. The third kappa shape index (κ3) is 8.91. The third-order valence-electron chi connectivity index (χ3n) is 7.76. The predicted octanol–water partition coefficient (Wildman–Crippen LogP) is 4.55. The van der Waals surface area contributed by atoms with Gasteiger partial charge in [0.1, 0.15) is 35.8 Å². The van der Waals surface area contributed by atoms with Gasteiger partial charge in [0.2, 0.25) is 5.60 Å². The van der Waals surface area contributed by atoms with Crippen LogP contribution in [0.25, 0.3) is 5.52 Å². The molecule has 0 spiro atoms. The molecule has 1 aromatic carbocycles. The highest BCUT2D eigenvalue weighted by Crippen LogP contribution is 2.49. The van der Waals surface area contributed by atoms with Gasteiger partial charge in [0.05, 0.1) is 32.1 Å². The van der Waals surface area contributed by atoms with Crippen LogP contribution < -0.4 is 15.3 Å². The zero-order valence-electron chi connectivity index (χ0n) is 29.9. The largest absolute Gasteiger partial charge is 0.508 e. The molecule has 0 amide bonds. The average Bonchev–Trinajstić information content (AvgIpc) is 3.64. The summed E-state index contributed by atoms with van der Waals surface area (Å²) in [5.41, 5.74) is 4.82. The van der Waals surface area contributed by atoms with Crippen molar-refractivity contribution in [2.45, 2.75) is 83.8 Å². The van der Waals surface area contributed by atoms with Crippen LogP contribution in [0.2, 0.25) is 0 Å². The van der Waals surface area contributed by atoms with E-state index in [9.17, 15) is 24.2 Å². The molecule has 3 heterocycles. The molecule has 1 fully saturated rings. The Balaban J connectivity index is 1.78. The van der Waals surface area contributed by atoms with E-state index in [1.807, 2.05) is 26.8 Å². The van der Waals surface area contributed by atoms with Crippen LogP contribution in [0.3, 0.4) is 0 Å². The van der Waals surface area contributed by atoms with E-state index in [0.29, 0.717) is 0 Å². The Kier molecular flexibility index (Phi) is 12.7. The Morgan fingerprint density at radius 1 is 1.04 bits per heavy atom. The van der Waals surface area contributed by atoms with Gasteiger partial charge < -0.3 is 38.7 Å². The number of carbonyl (C=O) groups is 3. The van der Waals surface area contributed by atoms with Crippen LogP contribution in [0.15, 0.2) is 42.7 Å². The number of nitriles is 1. The van der Waals surface area contributed by atoms with Crippen molar-refractivity contribution in [1.29, 1.82) is 5.26 Å². The Labute approximate surface area is 300 Å². The Bertz CT molecular complexity index is 1820. The molecule has 6 atom stereocenters. The molecular formula is C33H43N6O12P. The number of nitrogen functional groups attached to an aromatic ring is 1. The summed E-state index contributed by atoms with van der Waals surface area (Å²) in [7, 11) is -4.53. The average molecular weight is 747 g/mol. The number of nitrogens with zero attached hydrogens (tertiary/aromatic N) is 4. The van der Waals surface area contributed by atoms with Gasteiger partial charge in [0.25, 0.3) is 0 Å². The fourth-order valence-corrected chi connectivity index (χ4v) is 6.80. The van der Waals surface area contributed by atoms with E-state index in [1.165, 1.54) is 37.4 Å². The Hall–Kier alpha value is -4.95. The zero-order chi connectivity index (χ0) is 38.3. The molecule has 4 rings (SSSR count). The molecule has 2 aromatic heterocycles. The maximum atomic E-state index is 14.4. The number of hydrogen-bond donors (Lipinski definition) is 2. The summed E-state index contributed by atoms with van der Waals surface area (Å²) in [4.78, 5) is 42.1. The fraction of sp³-hybridized carbons (Fsp3) is 0.515. The van der Waals surface area contributed by atoms with Crippen molar-refractivity contribution in [2.75, 3.05) is 32.2 Å². The van der Waals surface area contributed by atoms with Gasteiger partial charge in [-0.15, -0.1) is 0 Å². The van der Waals surface area contributed by atoms with Crippen molar-refractivity contribution in [3.8, 4) is 11.8 Å². The Morgan fingerprint density at radius 3 is 2.27 bits per heavy atom. The van der Waals surface area contributed by atoms with Crippen LogP contribution in [0.1, 0.15) is 59.7 Å². The summed E-state index contributed by atoms with van der Waals surface area (Å²) in [5, 5.41) is 17.5. The highest BCUT2D eigenvalue weighted by Gasteiger charge is 2.63. The molecule has 3 N–H and O–H groups in total. The summed E-state index contributed by atoms with van der Waals surface area (Å²) in [5.74, 6) is -0.561. The standard InChI is InChI=1S/C33H43N6O12P/c1-8-44-29(40)20(4)38-52(43,51-22-13-11-21(12-14-22)32(5,6)7)47-17-24-26(48-30(41)45-9-2)27(49-31(42)46-10-3)33(18-34,50-24)25-16-15-23-28(35)36-19-37-39(23)25/h11-16,19-20,24,26-27H,8-10,17H2,1-7H3,(H,38,43)(H2,35,36,37)/t20-,24+,26+,27+,33-,52?/m0/s1. The first kappa shape index (κ1) is 39.8. The van der Waals surface area contributed by atoms with Gasteiger partial charge in [-0.1, -0.05) is 32.9 Å². The normalized spacial score (nSPS) is 21.7. The smallest absolute Gasteiger partial charge is 0.465 e. The number of hydrogen-bond acceptors (Lipinski definition) is 16. The Morgan fingerprint density at radius 2 is 1.67 bits per heavy atom. The first-order valence-corrected chi connectivity index (χ1v) is 18.0. The second-order valence-corrected chi connectivity index (χ2v) is 14.1. The van der Waals surface area contributed by atoms with E-state index < -0.39 is 62.6 Å². The van der Waals surface area contributed by atoms with Gasteiger partial charge in [-0.2, -0.15) is 15.4 Å². The van der Waals surface area contributed by atoms with E-state index in [1.54, 1.807) is 31.2 Å². The van der Waals surface area contributed by atoms with Gasteiger partial charge in [-0.05, 0) is 62.9 Å². The molecule has 282 valence electrons. The molecule has 1 aliphatic heterocycles. The summed E-state index contributed by atoms with van der Waals surface area (Å²) < 4.78 is 59.9. The number of anilines is 1. The number of fused-ring (bicyclic) bond motifs is 1. The second-order valence-electron chi connectivity index (χ2n) is 12.4. The van der Waals surface area contributed by atoms with Crippen molar-refractivity contribution in [1.82, 2.24) is 19.7 Å².